The quantitative estimate of drug-likeness (QED) is 0.690. The van der Waals surface area contributed by atoms with E-state index in [1.807, 2.05) is 0 Å². The van der Waals surface area contributed by atoms with Gasteiger partial charge >= 0.3 is 5.97 Å². The fraction of sp³-hybridized carbons (Fsp3) is 0.909. The Bertz CT molecular complexity index is 201. The number of esters is 1. The van der Waals surface area contributed by atoms with Crippen LogP contribution >= 0.6 is 0 Å². The Morgan fingerprint density at radius 2 is 1.93 bits per heavy atom. The first-order valence-electron chi connectivity index (χ1n) is 5.37. The van der Waals surface area contributed by atoms with Crippen molar-refractivity contribution in [1.82, 2.24) is 0 Å². The van der Waals surface area contributed by atoms with Crippen molar-refractivity contribution in [2.45, 2.75) is 58.6 Å². The van der Waals surface area contributed by atoms with Gasteiger partial charge in [-0.25, -0.2) is 0 Å². The summed E-state index contributed by atoms with van der Waals surface area (Å²) >= 11 is 0. The molecule has 3 heteroatoms. The molecule has 0 unspecified atom stereocenters. The van der Waals surface area contributed by atoms with Crippen molar-refractivity contribution in [2.75, 3.05) is 0 Å². The molecule has 0 aromatic rings. The highest BCUT2D eigenvalue weighted by atomic mass is 16.5. The zero-order chi connectivity index (χ0) is 10.8. The van der Waals surface area contributed by atoms with Gasteiger partial charge in [0.2, 0.25) is 0 Å². The van der Waals surface area contributed by atoms with Gasteiger partial charge in [0.05, 0.1) is 0 Å². The molecule has 0 aromatic carbocycles. The average Bonchev–Trinajstić information content (AvgIpc) is 2.08. The van der Waals surface area contributed by atoms with Crippen molar-refractivity contribution >= 4 is 5.97 Å². The average molecular weight is 199 g/mol. The second-order valence-electron chi connectivity index (χ2n) is 5.09. The number of hydrogen-bond acceptors (Lipinski definition) is 3. The van der Waals surface area contributed by atoms with E-state index < -0.39 is 6.04 Å². The summed E-state index contributed by atoms with van der Waals surface area (Å²) in [5.74, 6) is -0.269. The maximum Gasteiger partial charge on any atom is 0.322 e. The highest BCUT2D eigenvalue weighted by molar-refractivity contribution is 5.75. The van der Waals surface area contributed by atoms with Crippen LogP contribution in [0.1, 0.15) is 46.5 Å². The molecule has 1 fully saturated rings. The van der Waals surface area contributed by atoms with E-state index in [1.165, 1.54) is 0 Å². The van der Waals surface area contributed by atoms with Gasteiger partial charge < -0.3 is 10.5 Å². The van der Waals surface area contributed by atoms with Gasteiger partial charge in [-0.1, -0.05) is 13.8 Å². The number of hydrogen-bond donors (Lipinski definition) is 1. The topological polar surface area (TPSA) is 52.3 Å². The summed E-state index contributed by atoms with van der Waals surface area (Å²) in [4.78, 5) is 11.2. The lowest BCUT2D eigenvalue weighted by Gasteiger charge is -2.34. The Balaban J connectivity index is 2.33. The summed E-state index contributed by atoms with van der Waals surface area (Å²) in [5.41, 5.74) is 5.85. The predicted molar refractivity (Wildman–Crippen MR) is 55.8 cm³/mol. The minimum Gasteiger partial charge on any atom is -0.461 e. The van der Waals surface area contributed by atoms with Crippen LogP contribution in [0.15, 0.2) is 0 Å². The molecule has 0 aliphatic heterocycles. The Labute approximate surface area is 86.0 Å². The smallest absolute Gasteiger partial charge is 0.322 e. The highest BCUT2D eigenvalue weighted by Crippen LogP contribution is 2.36. The monoisotopic (exact) mass is 199 g/mol. The number of carbonyl (C=O) groups excluding carboxylic acids is 1. The Morgan fingerprint density at radius 1 is 1.43 bits per heavy atom. The Morgan fingerprint density at radius 3 is 2.36 bits per heavy atom. The van der Waals surface area contributed by atoms with Gasteiger partial charge in [-0.2, -0.15) is 0 Å². The van der Waals surface area contributed by atoms with Gasteiger partial charge in [0, 0.05) is 0 Å². The van der Waals surface area contributed by atoms with Crippen LogP contribution in [0.2, 0.25) is 0 Å². The molecule has 82 valence electrons. The molecule has 1 rings (SSSR count). The number of nitrogens with two attached hydrogens (primary N) is 1. The molecule has 2 N–H and O–H groups in total. The van der Waals surface area contributed by atoms with Crippen molar-refractivity contribution in [3.05, 3.63) is 0 Å². The van der Waals surface area contributed by atoms with Crippen LogP contribution < -0.4 is 5.73 Å². The fourth-order valence-corrected chi connectivity index (χ4v) is 1.76. The minimum absolute atomic E-state index is 0.0986. The normalized spacial score (nSPS) is 24.3. The highest BCUT2D eigenvalue weighted by Gasteiger charge is 2.29. The van der Waals surface area contributed by atoms with Crippen molar-refractivity contribution in [3.63, 3.8) is 0 Å². The van der Waals surface area contributed by atoms with E-state index in [2.05, 4.69) is 13.8 Å². The summed E-state index contributed by atoms with van der Waals surface area (Å²) < 4.78 is 5.28. The summed E-state index contributed by atoms with van der Waals surface area (Å²) in [7, 11) is 0. The van der Waals surface area contributed by atoms with E-state index in [0.717, 1.165) is 25.7 Å². The van der Waals surface area contributed by atoms with E-state index >= 15 is 0 Å². The number of carbonyl (C=O) groups is 1. The Hall–Kier alpha value is -0.570. The van der Waals surface area contributed by atoms with Crippen LogP contribution in [0.3, 0.4) is 0 Å². The third-order valence-electron chi connectivity index (χ3n) is 2.94. The van der Waals surface area contributed by atoms with Crippen LogP contribution in [0, 0.1) is 5.41 Å². The molecule has 1 saturated carbocycles. The molecule has 0 aromatic heterocycles. The van der Waals surface area contributed by atoms with Gasteiger partial charge in [-0.05, 0) is 38.0 Å². The predicted octanol–water partition coefficient (Wildman–Crippen LogP) is 1.85. The maximum absolute atomic E-state index is 11.2. The molecule has 0 spiro atoms. The molecular formula is C11H21NO2. The third-order valence-corrected chi connectivity index (χ3v) is 2.94. The van der Waals surface area contributed by atoms with Gasteiger partial charge in [-0.15, -0.1) is 0 Å². The van der Waals surface area contributed by atoms with Gasteiger partial charge in [0.1, 0.15) is 12.1 Å². The van der Waals surface area contributed by atoms with Gasteiger partial charge in [0.25, 0.3) is 0 Å². The van der Waals surface area contributed by atoms with E-state index in [4.69, 9.17) is 10.5 Å². The van der Waals surface area contributed by atoms with Crippen molar-refractivity contribution in [2.24, 2.45) is 11.1 Å². The first kappa shape index (κ1) is 11.5. The standard InChI is InChI=1S/C11H21NO2/c1-8(12)10(13)14-9-4-6-11(2,3)7-5-9/h8-9H,4-7,12H2,1-3H3/t8-/m0/s1. The first-order valence-corrected chi connectivity index (χ1v) is 5.37. The Kier molecular flexibility index (Phi) is 3.53. The largest absolute Gasteiger partial charge is 0.461 e. The minimum atomic E-state index is -0.495. The lowest BCUT2D eigenvalue weighted by atomic mass is 9.76. The molecule has 14 heavy (non-hydrogen) atoms. The van der Waals surface area contributed by atoms with Crippen molar-refractivity contribution < 1.29 is 9.53 Å². The lowest BCUT2D eigenvalue weighted by molar-refractivity contribution is -0.152. The molecule has 1 atom stereocenters. The van der Waals surface area contributed by atoms with Crippen LogP contribution in [0.4, 0.5) is 0 Å². The van der Waals surface area contributed by atoms with Crippen molar-refractivity contribution in [1.29, 1.82) is 0 Å². The molecule has 1 aliphatic carbocycles. The molecular weight excluding hydrogens is 178 g/mol. The van der Waals surface area contributed by atoms with E-state index in [-0.39, 0.29) is 12.1 Å². The second-order valence-corrected chi connectivity index (χ2v) is 5.09. The SMILES string of the molecule is C[C@H](N)C(=O)OC1CCC(C)(C)CC1. The molecule has 0 amide bonds. The van der Waals surface area contributed by atoms with Gasteiger partial charge in [-0.3, -0.25) is 4.79 Å². The molecule has 0 bridgehead atoms. The number of rotatable bonds is 2. The fourth-order valence-electron chi connectivity index (χ4n) is 1.76. The summed E-state index contributed by atoms with van der Waals surface area (Å²) in [6.45, 7) is 6.18. The van der Waals surface area contributed by atoms with Crippen LogP contribution in [-0.4, -0.2) is 18.1 Å². The van der Waals surface area contributed by atoms with E-state index in [9.17, 15) is 4.79 Å². The van der Waals surface area contributed by atoms with Crippen LogP contribution in [0.5, 0.6) is 0 Å². The van der Waals surface area contributed by atoms with E-state index in [1.54, 1.807) is 6.92 Å². The van der Waals surface area contributed by atoms with Crippen molar-refractivity contribution in [3.8, 4) is 0 Å². The third kappa shape index (κ3) is 3.29. The molecule has 1 aliphatic rings. The summed E-state index contributed by atoms with van der Waals surface area (Å²) in [5, 5.41) is 0. The van der Waals surface area contributed by atoms with Crippen LogP contribution in [0.25, 0.3) is 0 Å². The molecule has 0 saturated heterocycles. The lowest BCUT2D eigenvalue weighted by Crippen LogP contribution is -2.35. The molecule has 0 heterocycles. The zero-order valence-electron chi connectivity index (χ0n) is 9.38. The van der Waals surface area contributed by atoms with Gasteiger partial charge in [0.15, 0.2) is 0 Å². The number of ether oxygens (including phenoxy) is 1. The molecule has 3 nitrogen and oxygen atoms in total. The second kappa shape index (κ2) is 4.30. The first-order chi connectivity index (χ1) is 6.41. The van der Waals surface area contributed by atoms with E-state index in [0.29, 0.717) is 5.41 Å². The summed E-state index contributed by atoms with van der Waals surface area (Å²) in [6.07, 6.45) is 4.31. The molecule has 0 radical (unpaired) electrons. The maximum atomic E-state index is 11.2. The summed E-state index contributed by atoms with van der Waals surface area (Å²) in [6, 6.07) is -0.495. The zero-order valence-corrected chi connectivity index (χ0v) is 9.38. The van der Waals surface area contributed by atoms with Crippen LogP contribution in [-0.2, 0) is 9.53 Å².